The molecule has 0 aromatic carbocycles. The molecule has 14 heavy (non-hydrogen) atoms. The molecule has 0 saturated carbocycles. The van der Waals surface area contributed by atoms with E-state index in [1.807, 2.05) is 13.8 Å². The Hall–Kier alpha value is -1.26. The van der Waals surface area contributed by atoms with Gasteiger partial charge in [-0.2, -0.15) is 13.2 Å². The number of allylic oxidation sites excluding steroid dienone is 1. The van der Waals surface area contributed by atoms with Gasteiger partial charge in [0.25, 0.3) is 0 Å². The van der Waals surface area contributed by atoms with Crippen molar-refractivity contribution >= 4 is 5.97 Å². The number of carboxylic acid groups (broad SMARTS) is 1. The Morgan fingerprint density at radius 1 is 1.36 bits per heavy atom. The molecular formula is C9H13F3O2. The predicted octanol–water partition coefficient (Wildman–Crippen LogP) is 3.16. The minimum atomic E-state index is -4.61. The van der Waals surface area contributed by atoms with Crippen molar-refractivity contribution in [2.24, 2.45) is 0 Å². The molecule has 0 bridgehead atoms. The first-order valence-electron chi connectivity index (χ1n) is 3.94. The molecule has 0 aromatic heterocycles. The Kier molecular flexibility index (Phi) is 6.78. The summed E-state index contributed by atoms with van der Waals surface area (Å²) in [6.45, 7) is 7.68. The maximum atomic E-state index is 11.9. The van der Waals surface area contributed by atoms with Crippen LogP contribution in [0.25, 0.3) is 0 Å². The van der Waals surface area contributed by atoms with Gasteiger partial charge in [-0.15, -0.1) is 0 Å². The van der Waals surface area contributed by atoms with E-state index in [9.17, 15) is 18.0 Å². The lowest BCUT2D eigenvalue weighted by molar-refractivity contribution is -0.133. The third-order valence-corrected chi connectivity index (χ3v) is 1.26. The normalized spacial score (nSPS) is 12.1. The fraction of sp³-hybridized carbons (Fsp3) is 0.444. The van der Waals surface area contributed by atoms with E-state index in [-0.39, 0.29) is 0 Å². The van der Waals surface area contributed by atoms with Crippen molar-refractivity contribution in [2.45, 2.75) is 26.9 Å². The molecule has 0 spiro atoms. The monoisotopic (exact) mass is 210 g/mol. The first-order valence-corrected chi connectivity index (χ1v) is 3.94. The lowest BCUT2D eigenvalue weighted by Crippen LogP contribution is -2.14. The number of hydrogen-bond donors (Lipinski definition) is 1. The Morgan fingerprint density at radius 2 is 1.71 bits per heavy atom. The van der Waals surface area contributed by atoms with E-state index in [1.54, 1.807) is 0 Å². The van der Waals surface area contributed by atoms with Crippen LogP contribution in [-0.4, -0.2) is 17.3 Å². The van der Waals surface area contributed by atoms with Crippen LogP contribution >= 0.6 is 0 Å². The minimum absolute atomic E-state index is 0.672. The fourth-order valence-electron chi connectivity index (χ4n) is 0.554. The van der Waals surface area contributed by atoms with Gasteiger partial charge in [-0.25, -0.2) is 4.79 Å². The molecule has 0 saturated heterocycles. The Labute approximate surface area is 80.7 Å². The first-order chi connectivity index (χ1) is 6.30. The number of carbonyl (C=O) groups is 1. The molecule has 2 nitrogen and oxygen atoms in total. The second-order valence-electron chi connectivity index (χ2n) is 2.05. The number of hydrogen-bond acceptors (Lipinski definition) is 1. The topological polar surface area (TPSA) is 37.3 Å². The van der Waals surface area contributed by atoms with Crippen molar-refractivity contribution in [3.05, 3.63) is 23.8 Å². The Bertz CT molecular complexity index is 239. The highest BCUT2D eigenvalue weighted by Gasteiger charge is 2.33. The van der Waals surface area contributed by atoms with Crippen LogP contribution < -0.4 is 0 Å². The van der Waals surface area contributed by atoms with Crippen molar-refractivity contribution in [1.29, 1.82) is 0 Å². The second kappa shape index (κ2) is 6.23. The summed E-state index contributed by atoms with van der Waals surface area (Å²) in [6, 6.07) is 0. The third-order valence-electron chi connectivity index (χ3n) is 1.26. The van der Waals surface area contributed by atoms with Crippen molar-refractivity contribution < 1.29 is 23.1 Å². The molecule has 5 heteroatoms. The zero-order chi connectivity index (χ0) is 11.9. The van der Waals surface area contributed by atoms with Crippen LogP contribution in [0.2, 0.25) is 0 Å². The van der Waals surface area contributed by atoms with E-state index < -0.39 is 23.3 Å². The van der Waals surface area contributed by atoms with E-state index in [4.69, 9.17) is 5.11 Å². The van der Waals surface area contributed by atoms with Crippen LogP contribution in [0, 0.1) is 0 Å². The van der Waals surface area contributed by atoms with E-state index in [0.29, 0.717) is 13.0 Å². The average molecular weight is 210 g/mol. The molecular weight excluding hydrogens is 197 g/mol. The molecule has 0 aliphatic heterocycles. The van der Waals surface area contributed by atoms with Crippen molar-refractivity contribution in [3.63, 3.8) is 0 Å². The summed E-state index contributed by atoms with van der Waals surface area (Å²) in [5.41, 5.74) is -1.97. The van der Waals surface area contributed by atoms with E-state index >= 15 is 0 Å². The van der Waals surface area contributed by atoms with Crippen molar-refractivity contribution in [1.82, 2.24) is 0 Å². The first kappa shape index (κ1) is 15.2. The summed E-state index contributed by atoms with van der Waals surface area (Å²) in [5.74, 6) is -1.63. The van der Waals surface area contributed by atoms with Crippen LogP contribution in [0.1, 0.15) is 20.8 Å². The van der Waals surface area contributed by atoms with Gasteiger partial charge < -0.3 is 5.11 Å². The van der Waals surface area contributed by atoms with Crippen LogP contribution in [0.3, 0.4) is 0 Å². The number of rotatable bonds is 2. The molecule has 0 amide bonds. The van der Waals surface area contributed by atoms with Gasteiger partial charge in [0, 0.05) is 5.57 Å². The zero-order valence-corrected chi connectivity index (χ0v) is 8.27. The molecule has 0 rings (SSSR count). The van der Waals surface area contributed by atoms with Crippen LogP contribution in [0.15, 0.2) is 23.8 Å². The van der Waals surface area contributed by atoms with Crippen LogP contribution in [0.4, 0.5) is 13.2 Å². The number of alkyl halides is 3. The molecule has 1 N–H and O–H groups in total. The van der Waals surface area contributed by atoms with Gasteiger partial charge in [0.1, 0.15) is 0 Å². The van der Waals surface area contributed by atoms with Crippen molar-refractivity contribution in [2.75, 3.05) is 0 Å². The molecule has 0 aliphatic rings. The number of aliphatic carboxylic acids is 1. The maximum Gasteiger partial charge on any atom is 0.413 e. The number of carboxylic acids is 1. The van der Waals surface area contributed by atoms with Gasteiger partial charge in [-0.05, 0) is 6.92 Å². The van der Waals surface area contributed by atoms with E-state index in [0.717, 1.165) is 0 Å². The van der Waals surface area contributed by atoms with Gasteiger partial charge >= 0.3 is 12.1 Å². The fourth-order valence-corrected chi connectivity index (χ4v) is 0.554. The minimum Gasteiger partial charge on any atom is -0.478 e. The molecule has 82 valence electrons. The van der Waals surface area contributed by atoms with Gasteiger partial charge in [-0.3, -0.25) is 0 Å². The SMILES string of the molecule is C=C/C(C(=O)O)=C(\C)C(F)(F)F.CC. The van der Waals surface area contributed by atoms with E-state index in [2.05, 4.69) is 6.58 Å². The molecule has 0 aromatic rings. The summed E-state index contributed by atoms with van der Waals surface area (Å²) >= 11 is 0. The quantitative estimate of drug-likeness (QED) is 0.561. The zero-order valence-electron chi connectivity index (χ0n) is 8.27. The summed E-state index contributed by atoms with van der Waals surface area (Å²) in [4.78, 5) is 10.2. The summed E-state index contributed by atoms with van der Waals surface area (Å²) < 4.78 is 35.6. The smallest absolute Gasteiger partial charge is 0.413 e. The van der Waals surface area contributed by atoms with Gasteiger partial charge in [0.05, 0.1) is 5.57 Å². The van der Waals surface area contributed by atoms with Gasteiger partial charge in [0.2, 0.25) is 0 Å². The van der Waals surface area contributed by atoms with Gasteiger partial charge in [0.15, 0.2) is 0 Å². The Morgan fingerprint density at radius 3 is 1.79 bits per heavy atom. The molecule has 0 atom stereocenters. The highest BCUT2D eigenvalue weighted by atomic mass is 19.4. The summed E-state index contributed by atoms with van der Waals surface area (Å²) in [5, 5.41) is 8.28. The number of halogens is 3. The van der Waals surface area contributed by atoms with E-state index in [1.165, 1.54) is 0 Å². The molecule has 0 aliphatic carbocycles. The molecule has 0 fully saturated rings. The van der Waals surface area contributed by atoms with Crippen LogP contribution in [-0.2, 0) is 4.79 Å². The Balaban J connectivity index is 0. The molecule has 0 unspecified atom stereocenters. The third kappa shape index (κ3) is 4.69. The largest absolute Gasteiger partial charge is 0.478 e. The molecule has 0 heterocycles. The highest BCUT2D eigenvalue weighted by Crippen LogP contribution is 2.27. The van der Waals surface area contributed by atoms with Crippen LogP contribution in [0.5, 0.6) is 0 Å². The maximum absolute atomic E-state index is 11.9. The standard InChI is InChI=1S/C7H7F3O2.C2H6/c1-3-5(6(11)12)4(2)7(8,9)10;1-2/h3H,1H2,2H3,(H,11,12);1-2H3/b5-4-;. The lowest BCUT2D eigenvalue weighted by atomic mass is 10.1. The summed E-state index contributed by atoms with van der Waals surface area (Å²) in [7, 11) is 0. The van der Waals surface area contributed by atoms with Gasteiger partial charge in [-0.1, -0.05) is 26.5 Å². The average Bonchev–Trinajstić information content (AvgIpc) is 2.06. The molecule has 0 radical (unpaired) electrons. The van der Waals surface area contributed by atoms with Crippen molar-refractivity contribution in [3.8, 4) is 0 Å². The predicted molar refractivity (Wildman–Crippen MR) is 47.9 cm³/mol. The second-order valence-corrected chi connectivity index (χ2v) is 2.05. The highest BCUT2D eigenvalue weighted by molar-refractivity contribution is 5.90. The summed E-state index contributed by atoms with van der Waals surface area (Å²) in [6.07, 6.45) is -3.94. The lowest BCUT2D eigenvalue weighted by Gasteiger charge is -2.08.